The summed E-state index contributed by atoms with van der Waals surface area (Å²) in [5.74, 6) is -0.722. The predicted octanol–water partition coefficient (Wildman–Crippen LogP) is 5.94. The van der Waals surface area contributed by atoms with Crippen molar-refractivity contribution in [3.63, 3.8) is 0 Å². The van der Waals surface area contributed by atoms with Crippen LogP contribution in [0.4, 0.5) is 0 Å². The number of rotatable bonds is 11. The molecule has 120 valence electrons. The molecular weight excluding hydrogens is 272 g/mol. The normalized spacial score (nSPS) is 11.5. The first-order valence-corrected chi connectivity index (χ1v) is 8.38. The molecule has 0 amide bonds. The first-order valence-electron chi connectivity index (χ1n) is 8.38. The van der Waals surface area contributed by atoms with Gasteiger partial charge in [-0.15, -0.1) is 0 Å². The van der Waals surface area contributed by atoms with Gasteiger partial charge in [-0.25, -0.2) is 0 Å². The van der Waals surface area contributed by atoms with E-state index in [1.54, 1.807) is 0 Å². The number of benzene rings is 1. The summed E-state index contributed by atoms with van der Waals surface area (Å²) in [6, 6.07) is 8.32. The Hall–Kier alpha value is -1.83. The van der Waals surface area contributed by atoms with E-state index in [-0.39, 0.29) is 6.42 Å². The van der Waals surface area contributed by atoms with Gasteiger partial charge in [0.1, 0.15) is 0 Å². The lowest BCUT2D eigenvalue weighted by Gasteiger charge is -2.01. The SMILES string of the molecule is CCCCCCC=Cc1ccccc1C=CCCCC(=O)O. The zero-order chi connectivity index (χ0) is 16.0. The van der Waals surface area contributed by atoms with Gasteiger partial charge in [0.25, 0.3) is 0 Å². The van der Waals surface area contributed by atoms with Gasteiger partial charge in [-0.1, -0.05) is 74.8 Å². The van der Waals surface area contributed by atoms with Crippen molar-refractivity contribution in [3.8, 4) is 0 Å². The van der Waals surface area contributed by atoms with Crippen molar-refractivity contribution in [2.75, 3.05) is 0 Å². The number of carbonyl (C=O) groups is 1. The molecule has 0 saturated heterocycles. The Morgan fingerprint density at radius 1 is 0.955 bits per heavy atom. The van der Waals surface area contributed by atoms with E-state index >= 15 is 0 Å². The van der Waals surface area contributed by atoms with Gasteiger partial charge in [0.15, 0.2) is 0 Å². The van der Waals surface area contributed by atoms with Crippen LogP contribution in [0, 0.1) is 0 Å². The van der Waals surface area contributed by atoms with Crippen molar-refractivity contribution in [1.82, 2.24) is 0 Å². The van der Waals surface area contributed by atoms with Gasteiger partial charge in [-0.3, -0.25) is 4.79 Å². The largest absolute Gasteiger partial charge is 0.481 e. The topological polar surface area (TPSA) is 37.3 Å². The fourth-order valence-electron chi connectivity index (χ4n) is 2.30. The van der Waals surface area contributed by atoms with Crippen LogP contribution in [-0.2, 0) is 4.79 Å². The molecule has 0 aliphatic heterocycles. The van der Waals surface area contributed by atoms with Gasteiger partial charge < -0.3 is 5.11 Å². The van der Waals surface area contributed by atoms with Crippen molar-refractivity contribution < 1.29 is 9.90 Å². The number of aliphatic carboxylic acids is 1. The summed E-state index contributed by atoms with van der Waals surface area (Å²) in [5, 5.41) is 8.62. The van der Waals surface area contributed by atoms with Gasteiger partial charge in [0.05, 0.1) is 0 Å². The Bertz CT molecular complexity index is 486. The summed E-state index contributed by atoms with van der Waals surface area (Å²) < 4.78 is 0. The first-order chi connectivity index (χ1) is 10.7. The molecule has 22 heavy (non-hydrogen) atoms. The molecule has 0 bridgehead atoms. The lowest BCUT2D eigenvalue weighted by molar-refractivity contribution is -0.137. The first kappa shape index (κ1) is 18.2. The molecule has 0 atom stereocenters. The summed E-state index contributed by atoms with van der Waals surface area (Å²) in [6.07, 6.45) is 16.7. The van der Waals surface area contributed by atoms with Crippen LogP contribution in [0.2, 0.25) is 0 Å². The number of hydrogen-bond donors (Lipinski definition) is 1. The highest BCUT2D eigenvalue weighted by Crippen LogP contribution is 2.14. The highest BCUT2D eigenvalue weighted by Gasteiger charge is 1.96. The minimum atomic E-state index is -0.722. The maximum Gasteiger partial charge on any atom is 0.303 e. The minimum absolute atomic E-state index is 0.240. The Balaban J connectivity index is 2.45. The van der Waals surface area contributed by atoms with E-state index in [0.29, 0.717) is 6.42 Å². The third kappa shape index (κ3) is 8.46. The molecule has 0 saturated carbocycles. The molecule has 2 nitrogen and oxygen atoms in total. The van der Waals surface area contributed by atoms with Crippen LogP contribution in [0.5, 0.6) is 0 Å². The molecule has 1 aromatic rings. The van der Waals surface area contributed by atoms with Crippen LogP contribution in [0.3, 0.4) is 0 Å². The van der Waals surface area contributed by atoms with Crippen LogP contribution < -0.4 is 0 Å². The zero-order valence-corrected chi connectivity index (χ0v) is 13.6. The van der Waals surface area contributed by atoms with Crippen molar-refractivity contribution >= 4 is 18.1 Å². The van der Waals surface area contributed by atoms with Crippen LogP contribution in [0.25, 0.3) is 12.2 Å². The molecule has 0 unspecified atom stereocenters. The van der Waals surface area contributed by atoms with E-state index in [2.05, 4.69) is 49.4 Å². The second kappa shape index (κ2) is 11.8. The average Bonchev–Trinajstić information content (AvgIpc) is 2.51. The average molecular weight is 300 g/mol. The number of carboxylic acids is 1. The quantitative estimate of drug-likeness (QED) is 0.514. The van der Waals surface area contributed by atoms with E-state index in [1.165, 1.54) is 36.8 Å². The van der Waals surface area contributed by atoms with Gasteiger partial charge in [0.2, 0.25) is 0 Å². The lowest BCUT2D eigenvalue weighted by Crippen LogP contribution is -1.92. The monoisotopic (exact) mass is 300 g/mol. The standard InChI is InChI=1S/C20H28O2/c1-2-3-4-5-6-8-13-18-15-11-12-16-19(18)14-9-7-10-17-20(21)22/h8-9,11-16H,2-7,10,17H2,1H3,(H,21,22). The second-order valence-electron chi connectivity index (χ2n) is 5.57. The van der Waals surface area contributed by atoms with Crippen LogP contribution >= 0.6 is 0 Å². The molecular formula is C20H28O2. The molecule has 0 aliphatic rings. The van der Waals surface area contributed by atoms with E-state index in [9.17, 15) is 4.79 Å². The molecule has 0 spiro atoms. The Labute approximate surface area is 134 Å². The lowest BCUT2D eigenvalue weighted by atomic mass is 10.0. The maximum absolute atomic E-state index is 10.5. The number of allylic oxidation sites excluding steroid dienone is 2. The number of unbranched alkanes of at least 4 members (excludes halogenated alkanes) is 5. The maximum atomic E-state index is 10.5. The third-order valence-electron chi connectivity index (χ3n) is 3.58. The van der Waals surface area contributed by atoms with Crippen molar-refractivity contribution in [3.05, 3.63) is 47.5 Å². The van der Waals surface area contributed by atoms with Crippen molar-refractivity contribution in [1.29, 1.82) is 0 Å². The predicted molar refractivity (Wildman–Crippen MR) is 94.8 cm³/mol. The van der Waals surface area contributed by atoms with Crippen LogP contribution in [0.15, 0.2) is 36.4 Å². The smallest absolute Gasteiger partial charge is 0.303 e. The molecule has 0 aliphatic carbocycles. The van der Waals surface area contributed by atoms with Gasteiger partial charge in [0, 0.05) is 6.42 Å². The molecule has 0 heterocycles. The molecule has 0 aromatic heterocycles. The van der Waals surface area contributed by atoms with Crippen LogP contribution in [-0.4, -0.2) is 11.1 Å². The Morgan fingerprint density at radius 3 is 2.09 bits per heavy atom. The molecule has 1 N–H and O–H groups in total. The highest BCUT2D eigenvalue weighted by molar-refractivity contribution is 5.67. The fraction of sp³-hybridized carbons (Fsp3) is 0.450. The second-order valence-corrected chi connectivity index (χ2v) is 5.57. The number of hydrogen-bond acceptors (Lipinski definition) is 1. The summed E-state index contributed by atoms with van der Waals surface area (Å²) in [7, 11) is 0. The number of carboxylic acid groups (broad SMARTS) is 1. The summed E-state index contributed by atoms with van der Waals surface area (Å²) >= 11 is 0. The van der Waals surface area contributed by atoms with Gasteiger partial charge >= 0.3 is 5.97 Å². The molecule has 1 aromatic carbocycles. The Kier molecular flexibility index (Phi) is 9.76. The summed E-state index contributed by atoms with van der Waals surface area (Å²) in [6.45, 7) is 2.23. The fourth-order valence-corrected chi connectivity index (χ4v) is 2.30. The highest BCUT2D eigenvalue weighted by atomic mass is 16.4. The van der Waals surface area contributed by atoms with Crippen molar-refractivity contribution in [2.24, 2.45) is 0 Å². The summed E-state index contributed by atoms with van der Waals surface area (Å²) in [4.78, 5) is 10.5. The van der Waals surface area contributed by atoms with Crippen LogP contribution in [0.1, 0.15) is 69.4 Å². The zero-order valence-electron chi connectivity index (χ0n) is 13.6. The minimum Gasteiger partial charge on any atom is -0.481 e. The molecule has 0 radical (unpaired) electrons. The van der Waals surface area contributed by atoms with E-state index in [4.69, 9.17) is 5.11 Å². The molecule has 2 heteroatoms. The van der Waals surface area contributed by atoms with E-state index in [1.807, 2.05) is 6.07 Å². The Morgan fingerprint density at radius 2 is 1.55 bits per heavy atom. The van der Waals surface area contributed by atoms with E-state index < -0.39 is 5.97 Å². The van der Waals surface area contributed by atoms with Gasteiger partial charge in [-0.05, 0) is 36.8 Å². The van der Waals surface area contributed by atoms with Crippen molar-refractivity contribution in [2.45, 2.75) is 58.3 Å². The van der Waals surface area contributed by atoms with Gasteiger partial charge in [-0.2, -0.15) is 0 Å². The summed E-state index contributed by atoms with van der Waals surface area (Å²) in [5.41, 5.74) is 2.43. The third-order valence-corrected chi connectivity index (χ3v) is 3.58. The molecule has 0 fully saturated rings. The van der Waals surface area contributed by atoms with E-state index in [0.717, 1.165) is 12.8 Å². The molecule has 1 rings (SSSR count).